The number of nitrogens with zero attached hydrogens (tertiary/aromatic N) is 1. The Kier molecular flexibility index (Phi) is 6.05. The van der Waals surface area contributed by atoms with Gasteiger partial charge in [-0.3, -0.25) is 4.79 Å². The standard InChI is InChI=1S/C14H17BrF3NO/c1-3-7-19(8-4-2)13(20)10-5-6-12(15)11(9-10)14(16,17)18/h5-6,9H,3-4,7-8H2,1-2H3. The number of halogens is 4. The number of carbonyl (C=O) groups excluding carboxylic acids is 1. The summed E-state index contributed by atoms with van der Waals surface area (Å²) in [5.74, 6) is -0.355. The van der Waals surface area contributed by atoms with Gasteiger partial charge in [0, 0.05) is 23.1 Å². The second-order valence-electron chi connectivity index (χ2n) is 4.48. The molecule has 0 fully saturated rings. The van der Waals surface area contributed by atoms with Crippen LogP contribution in [0.5, 0.6) is 0 Å². The molecule has 0 aromatic heterocycles. The minimum absolute atomic E-state index is 0.0564. The van der Waals surface area contributed by atoms with Crippen LogP contribution in [0.4, 0.5) is 13.2 Å². The Morgan fingerprint density at radius 3 is 2.20 bits per heavy atom. The van der Waals surface area contributed by atoms with Gasteiger partial charge in [0.05, 0.1) is 5.56 Å². The van der Waals surface area contributed by atoms with E-state index in [0.29, 0.717) is 13.1 Å². The second kappa shape index (κ2) is 7.11. The third kappa shape index (κ3) is 4.23. The highest BCUT2D eigenvalue weighted by Gasteiger charge is 2.33. The van der Waals surface area contributed by atoms with E-state index in [1.807, 2.05) is 13.8 Å². The molecular weight excluding hydrogens is 335 g/mol. The van der Waals surface area contributed by atoms with Gasteiger partial charge in [0.15, 0.2) is 0 Å². The van der Waals surface area contributed by atoms with Gasteiger partial charge in [0.1, 0.15) is 0 Å². The normalized spacial score (nSPS) is 11.5. The highest BCUT2D eigenvalue weighted by molar-refractivity contribution is 9.10. The minimum Gasteiger partial charge on any atom is -0.339 e. The SMILES string of the molecule is CCCN(CCC)C(=O)c1ccc(Br)c(C(F)(F)F)c1. The molecule has 0 atom stereocenters. The fraction of sp³-hybridized carbons (Fsp3) is 0.500. The molecule has 0 aliphatic heterocycles. The van der Waals surface area contributed by atoms with Crippen LogP contribution in [0.3, 0.4) is 0 Å². The maximum absolute atomic E-state index is 12.8. The highest BCUT2D eigenvalue weighted by Crippen LogP contribution is 2.35. The number of rotatable bonds is 5. The lowest BCUT2D eigenvalue weighted by Crippen LogP contribution is -2.32. The van der Waals surface area contributed by atoms with Crippen LogP contribution >= 0.6 is 15.9 Å². The first kappa shape index (κ1) is 17.0. The lowest BCUT2D eigenvalue weighted by atomic mass is 10.1. The number of benzene rings is 1. The third-order valence-electron chi connectivity index (χ3n) is 2.79. The van der Waals surface area contributed by atoms with Crippen LogP contribution in [0.25, 0.3) is 0 Å². The van der Waals surface area contributed by atoms with Gasteiger partial charge in [-0.15, -0.1) is 0 Å². The average molecular weight is 352 g/mol. The monoisotopic (exact) mass is 351 g/mol. The van der Waals surface area contributed by atoms with Crippen molar-refractivity contribution in [3.63, 3.8) is 0 Å². The van der Waals surface area contributed by atoms with Gasteiger partial charge in [-0.2, -0.15) is 13.2 Å². The summed E-state index contributed by atoms with van der Waals surface area (Å²) in [7, 11) is 0. The number of alkyl halides is 3. The third-order valence-corrected chi connectivity index (χ3v) is 3.48. The molecule has 0 saturated carbocycles. The Morgan fingerprint density at radius 2 is 1.75 bits per heavy atom. The first-order valence-electron chi connectivity index (χ1n) is 6.47. The van der Waals surface area contributed by atoms with Crippen molar-refractivity contribution in [2.24, 2.45) is 0 Å². The zero-order chi connectivity index (χ0) is 15.3. The number of hydrogen-bond donors (Lipinski definition) is 0. The Labute approximate surface area is 125 Å². The van der Waals surface area contributed by atoms with E-state index in [-0.39, 0.29) is 15.9 Å². The van der Waals surface area contributed by atoms with Crippen LogP contribution in [0, 0.1) is 0 Å². The van der Waals surface area contributed by atoms with Crippen molar-refractivity contribution in [3.8, 4) is 0 Å². The Morgan fingerprint density at radius 1 is 1.20 bits per heavy atom. The van der Waals surface area contributed by atoms with Gasteiger partial charge in [0.2, 0.25) is 0 Å². The van der Waals surface area contributed by atoms with Crippen LogP contribution in [-0.2, 0) is 6.18 Å². The summed E-state index contributed by atoms with van der Waals surface area (Å²) < 4.78 is 38.4. The molecule has 0 unspecified atom stereocenters. The largest absolute Gasteiger partial charge is 0.417 e. The molecule has 0 N–H and O–H groups in total. The number of carbonyl (C=O) groups is 1. The molecule has 0 aliphatic rings. The van der Waals surface area contributed by atoms with E-state index in [9.17, 15) is 18.0 Å². The van der Waals surface area contributed by atoms with Gasteiger partial charge in [0.25, 0.3) is 5.91 Å². The molecule has 0 saturated heterocycles. The lowest BCUT2D eigenvalue weighted by molar-refractivity contribution is -0.138. The van der Waals surface area contributed by atoms with Gasteiger partial charge < -0.3 is 4.90 Å². The Bertz CT molecular complexity index is 468. The summed E-state index contributed by atoms with van der Waals surface area (Å²) >= 11 is 2.87. The van der Waals surface area contributed by atoms with Crippen molar-refractivity contribution < 1.29 is 18.0 Å². The number of hydrogen-bond acceptors (Lipinski definition) is 1. The molecule has 0 aliphatic carbocycles. The molecular formula is C14H17BrF3NO. The molecule has 1 aromatic carbocycles. The lowest BCUT2D eigenvalue weighted by Gasteiger charge is -2.22. The summed E-state index contributed by atoms with van der Waals surface area (Å²) in [6.07, 6.45) is -2.93. The van der Waals surface area contributed by atoms with E-state index >= 15 is 0 Å². The second-order valence-corrected chi connectivity index (χ2v) is 5.34. The van der Waals surface area contributed by atoms with Gasteiger partial charge in [-0.05, 0) is 31.0 Å². The summed E-state index contributed by atoms with van der Waals surface area (Å²) in [5, 5.41) is 0. The van der Waals surface area contributed by atoms with Crippen LogP contribution < -0.4 is 0 Å². The molecule has 1 aromatic rings. The van der Waals surface area contributed by atoms with E-state index in [4.69, 9.17) is 0 Å². The topological polar surface area (TPSA) is 20.3 Å². The molecule has 0 heterocycles. The molecule has 0 bridgehead atoms. The van der Waals surface area contributed by atoms with E-state index in [1.54, 1.807) is 4.90 Å². The van der Waals surface area contributed by atoms with Gasteiger partial charge in [-0.1, -0.05) is 29.8 Å². The van der Waals surface area contributed by atoms with Crippen molar-refractivity contribution >= 4 is 21.8 Å². The van der Waals surface area contributed by atoms with E-state index in [2.05, 4.69) is 15.9 Å². The van der Waals surface area contributed by atoms with Crippen molar-refractivity contribution in [3.05, 3.63) is 33.8 Å². The first-order chi connectivity index (χ1) is 9.31. The molecule has 0 spiro atoms. The van der Waals surface area contributed by atoms with Crippen LogP contribution in [-0.4, -0.2) is 23.9 Å². The molecule has 20 heavy (non-hydrogen) atoms. The molecule has 112 valence electrons. The predicted octanol–water partition coefficient (Wildman–Crippen LogP) is 4.73. The summed E-state index contributed by atoms with van der Waals surface area (Å²) in [6, 6.07) is 3.59. The van der Waals surface area contributed by atoms with E-state index in [1.165, 1.54) is 12.1 Å². The summed E-state index contributed by atoms with van der Waals surface area (Å²) in [6.45, 7) is 4.95. The maximum Gasteiger partial charge on any atom is 0.417 e. The van der Waals surface area contributed by atoms with Gasteiger partial charge >= 0.3 is 6.18 Å². The average Bonchev–Trinajstić information content (AvgIpc) is 2.37. The zero-order valence-electron chi connectivity index (χ0n) is 11.4. The quantitative estimate of drug-likeness (QED) is 0.750. The van der Waals surface area contributed by atoms with Crippen molar-refractivity contribution in [2.45, 2.75) is 32.9 Å². The van der Waals surface area contributed by atoms with Crippen molar-refractivity contribution in [1.29, 1.82) is 0 Å². The minimum atomic E-state index is -4.48. The van der Waals surface area contributed by atoms with Crippen LogP contribution in [0.15, 0.2) is 22.7 Å². The van der Waals surface area contributed by atoms with Crippen molar-refractivity contribution in [1.82, 2.24) is 4.90 Å². The Hall–Kier alpha value is -1.04. The predicted molar refractivity (Wildman–Crippen MR) is 75.6 cm³/mol. The van der Waals surface area contributed by atoms with Crippen LogP contribution in [0.1, 0.15) is 42.6 Å². The summed E-state index contributed by atoms with van der Waals surface area (Å²) in [4.78, 5) is 13.8. The fourth-order valence-corrected chi connectivity index (χ4v) is 2.38. The van der Waals surface area contributed by atoms with E-state index in [0.717, 1.165) is 18.9 Å². The maximum atomic E-state index is 12.8. The zero-order valence-corrected chi connectivity index (χ0v) is 13.0. The highest BCUT2D eigenvalue weighted by atomic mass is 79.9. The Balaban J connectivity index is 3.10. The molecule has 2 nitrogen and oxygen atoms in total. The van der Waals surface area contributed by atoms with E-state index < -0.39 is 11.7 Å². The molecule has 6 heteroatoms. The van der Waals surface area contributed by atoms with Gasteiger partial charge in [-0.25, -0.2) is 0 Å². The summed E-state index contributed by atoms with van der Waals surface area (Å²) in [5.41, 5.74) is -0.751. The molecule has 1 rings (SSSR count). The van der Waals surface area contributed by atoms with Crippen LogP contribution in [0.2, 0.25) is 0 Å². The fourth-order valence-electron chi connectivity index (χ4n) is 1.91. The number of amides is 1. The first-order valence-corrected chi connectivity index (χ1v) is 7.26. The van der Waals surface area contributed by atoms with Crippen molar-refractivity contribution in [2.75, 3.05) is 13.1 Å². The molecule has 1 amide bonds. The molecule has 0 radical (unpaired) electrons. The smallest absolute Gasteiger partial charge is 0.339 e.